The first-order valence-corrected chi connectivity index (χ1v) is 8.55. The number of benzene rings is 1. The highest BCUT2D eigenvalue weighted by Gasteiger charge is 2.08. The Labute approximate surface area is 150 Å². The Morgan fingerprint density at radius 1 is 1.24 bits per heavy atom. The molecule has 1 aromatic heterocycles. The monoisotopic (exact) mass is 340 g/mol. The van der Waals surface area contributed by atoms with Crippen LogP contribution in [-0.4, -0.2) is 33.8 Å². The number of guanidine groups is 1. The second-order valence-corrected chi connectivity index (χ2v) is 6.25. The molecule has 134 valence electrons. The molecule has 2 rings (SSSR count). The molecule has 0 saturated carbocycles. The predicted octanol–water partition coefficient (Wildman–Crippen LogP) is 2.46. The van der Waals surface area contributed by atoms with Gasteiger partial charge in [-0.05, 0) is 25.3 Å². The van der Waals surface area contributed by atoms with E-state index in [0.717, 1.165) is 24.2 Å². The van der Waals surface area contributed by atoms with Crippen molar-refractivity contribution in [3.8, 4) is 0 Å². The maximum atomic E-state index is 4.61. The Balaban J connectivity index is 1.98. The lowest BCUT2D eigenvalue weighted by molar-refractivity contribution is 0.697. The summed E-state index contributed by atoms with van der Waals surface area (Å²) in [6, 6.07) is 8.65. The molecule has 1 unspecified atom stereocenters. The van der Waals surface area contributed by atoms with E-state index in [-0.39, 0.29) is 0 Å². The third-order valence-electron chi connectivity index (χ3n) is 4.20. The normalized spacial score (nSPS) is 12.7. The first-order valence-electron chi connectivity index (χ1n) is 8.55. The Morgan fingerprint density at radius 2 is 1.96 bits per heavy atom. The molecule has 0 aliphatic rings. The molecule has 0 radical (unpaired) electrons. The van der Waals surface area contributed by atoms with Crippen LogP contribution in [-0.2, 0) is 13.6 Å². The quantitative estimate of drug-likeness (QED) is 0.462. The summed E-state index contributed by atoms with van der Waals surface area (Å²) in [5.41, 5.74) is 2.59. The lowest BCUT2D eigenvalue weighted by atomic mass is 10.0. The number of nitrogens with zero attached hydrogens (tertiary/aromatic N) is 4. The number of aliphatic imine (C=N–C) groups is 1. The van der Waals surface area contributed by atoms with E-state index in [2.05, 4.69) is 70.5 Å². The summed E-state index contributed by atoms with van der Waals surface area (Å²) in [6.07, 6.45) is 1.81. The fourth-order valence-corrected chi connectivity index (χ4v) is 2.34. The highest BCUT2D eigenvalue weighted by molar-refractivity contribution is 5.79. The van der Waals surface area contributed by atoms with Crippen molar-refractivity contribution in [1.29, 1.82) is 0 Å². The molecular weight excluding hydrogens is 312 g/mol. The van der Waals surface area contributed by atoms with E-state index >= 15 is 0 Å². The van der Waals surface area contributed by atoms with E-state index in [1.807, 2.05) is 24.6 Å². The van der Waals surface area contributed by atoms with Crippen molar-refractivity contribution < 1.29 is 0 Å². The van der Waals surface area contributed by atoms with Crippen LogP contribution in [0.4, 0.5) is 0 Å². The molecule has 0 saturated heterocycles. The number of hydrogen-bond donors (Lipinski definition) is 2. The van der Waals surface area contributed by atoms with E-state index in [9.17, 15) is 0 Å². The SMILES string of the molecule is C=CCNC(=NCc1nnc(C)n1C)NCC(C)c1ccc(C)cc1. The largest absolute Gasteiger partial charge is 0.356 e. The van der Waals surface area contributed by atoms with Crippen molar-refractivity contribution in [3.05, 3.63) is 59.7 Å². The Morgan fingerprint density at radius 3 is 2.56 bits per heavy atom. The molecule has 1 aromatic carbocycles. The lowest BCUT2D eigenvalue weighted by Gasteiger charge is -2.16. The topological polar surface area (TPSA) is 67.1 Å². The van der Waals surface area contributed by atoms with Crippen LogP contribution in [0, 0.1) is 13.8 Å². The fraction of sp³-hybridized carbons (Fsp3) is 0.421. The summed E-state index contributed by atoms with van der Waals surface area (Å²) in [5.74, 6) is 2.85. The lowest BCUT2D eigenvalue weighted by Crippen LogP contribution is -2.39. The Bertz CT molecular complexity index is 714. The van der Waals surface area contributed by atoms with Gasteiger partial charge in [-0.3, -0.25) is 0 Å². The molecule has 2 N–H and O–H groups in total. The van der Waals surface area contributed by atoms with Crippen molar-refractivity contribution >= 4 is 5.96 Å². The van der Waals surface area contributed by atoms with E-state index in [0.29, 0.717) is 19.0 Å². The van der Waals surface area contributed by atoms with Crippen LogP contribution in [0.1, 0.15) is 35.6 Å². The number of hydrogen-bond acceptors (Lipinski definition) is 3. The molecule has 1 heterocycles. The second-order valence-electron chi connectivity index (χ2n) is 6.25. The molecule has 0 spiro atoms. The highest BCUT2D eigenvalue weighted by Crippen LogP contribution is 2.14. The van der Waals surface area contributed by atoms with Gasteiger partial charge in [0, 0.05) is 20.1 Å². The van der Waals surface area contributed by atoms with Crippen LogP contribution < -0.4 is 10.6 Å². The first-order chi connectivity index (χ1) is 12.0. The predicted molar refractivity (Wildman–Crippen MR) is 103 cm³/mol. The standard InChI is InChI=1S/C19H28N6/c1-6-11-20-19(22-13-18-24-23-16(4)25(18)5)21-12-15(3)17-9-7-14(2)8-10-17/h6-10,15H,1,11-13H2,2-5H3,(H2,20,21,22). The molecule has 6 nitrogen and oxygen atoms in total. The number of aryl methyl sites for hydroxylation is 2. The van der Waals surface area contributed by atoms with Crippen LogP contribution in [0.25, 0.3) is 0 Å². The van der Waals surface area contributed by atoms with Gasteiger partial charge >= 0.3 is 0 Å². The van der Waals surface area contributed by atoms with Crippen LogP contribution in [0.3, 0.4) is 0 Å². The zero-order valence-electron chi connectivity index (χ0n) is 15.6. The van der Waals surface area contributed by atoms with Gasteiger partial charge in [-0.1, -0.05) is 42.8 Å². The summed E-state index contributed by atoms with van der Waals surface area (Å²) >= 11 is 0. The van der Waals surface area contributed by atoms with Gasteiger partial charge in [-0.15, -0.1) is 16.8 Å². The molecule has 2 aromatic rings. The summed E-state index contributed by atoms with van der Waals surface area (Å²) in [4.78, 5) is 4.61. The number of aromatic nitrogens is 3. The summed E-state index contributed by atoms with van der Waals surface area (Å²) in [6.45, 7) is 11.9. The molecule has 1 atom stereocenters. The molecule has 6 heteroatoms. The summed E-state index contributed by atoms with van der Waals surface area (Å²) < 4.78 is 1.95. The van der Waals surface area contributed by atoms with Gasteiger partial charge in [-0.25, -0.2) is 4.99 Å². The van der Waals surface area contributed by atoms with Gasteiger partial charge in [0.1, 0.15) is 12.4 Å². The smallest absolute Gasteiger partial charge is 0.191 e. The second kappa shape index (κ2) is 9.01. The van der Waals surface area contributed by atoms with Gasteiger partial charge in [0.15, 0.2) is 11.8 Å². The zero-order chi connectivity index (χ0) is 18.2. The minimum atomic E-state index is 0.383. The fourth-order valence-electron chi connectivity index (χ4n) is 2.34. The van der Waals surface area contributed by atoms with E-state index < -0.39 is 0 Å². The summed E-state index contributed by atoms with van der Waals surface area (Å²) in [5, 5.41) is 14.9. The maximum absolute atomic E-state index is 4.61. The van der Waals surface area contributed by atoms with Crippen molar-refractivity contribution in [2.75, 3.05) is 13.1 Å². The van der Waals surface area contributed by atoms with Crippen LogP contribution in [0.2, 0.25) is 0 Å². The van der Waals surface area contributed by atoms with E-state index in [1.165, 1.54) is 11.1 Å². The van der Waals surface area contributed by atoms with Gasteiger partial charge < -0.3 is 15.2 Å². The van der Waals surface area contributed by atoms with Gasteiger partial charge in [-0.2, -0.15) is 0 Å². The Kier molecular flexibility index (Phi) is 6.74. The van der Waals surface area contributed by atoms with Gasteiger partial charge in [0.05, 0.1) is 0 Å². The third-order valence-corrected chi connectivity index (χ3v) is 4.20. The molecule has 0 aliphatic carbocycles. The number of nitrogens with one attached hydrogen (secondary N) is 2. The van der Waals surface area contributed by atoms with Crippen molar-refractivity contribution in [1.82, 2.24) is 25.4 Å². The average molecular weight is 340 g/mol. The zero-order valence-corrected chi connectivity index (χ0v) is 15.6. The molecule has 0 aliphatic heterocycles. The third kappa shape index (κ3) is 5.45. The van der Waals surface area contributed by atoms with E-state index in [4.69, 9.17) is 0 Å². The maximum Gasteiger partial charge on any atom is 0.191 e. The van der Waals surface area contributed by atoms with Crippen LogP contribution >= 0.6 is 0 Å². The van der Waals surface area contributed by atoms with Crippen molar-refractivity contribution in [2.24, 2.45) is 12.0 Å². The molecule has 0 amide bonds. The Hall–Kier alpha value is -2.63. The summed E-state index contributed by atoms with van der Waals surface area (Å²) in [7, 11) is 1.95. The first kappa shape index (κ1) is 18.7. The minimum absolute atomic E-state index is 0.383. The van der Waals surface area contributed by atoms with Gasteiger partial charge in [0.2, 0.25) is 0 Å². The number of rotatable bonds is 7. The van der Waals surface area contributed by atoms with Crippen LogP contribution in [0.5, 0.6) is 0 Å². The molecule has 0 bridgehead atoms. The molecular formula is C19H28N6. The van der Waals surface area contributed by atoms with Crippen molar-refractivity contribution in [3.63, 3.8) is 0 Å². The molecule has 25 heavy (non-hydrogen) atoms. The average Bonchev–Trinajstić information content (AvgIpc) is 2.93. The highest BCUT2D eigenvalue weighted by atomic mass is 15.3. The van der Waals surface area contributed by atoms with Crippen LogP contribution in [0.15, 0.2) is 41.9 Å². The van der Waals surface area contributed by atoms with Crippen molar-refractivity contribution in [2.45, 2.75) is 33.2 Å². The minimum Gasteiger partial charge on any atom is -0.356 e. The molecule has 0 fully saturated rings. The van der Waals surface area contributed by atoms with Gasteiger partial charge in [0.25, 0.3) is 0 Å². The van der Waals surface area contributed by atoms with E-state index in [1.54, 1.807) is 0 Å².